The summed E-state index contributed by atoms with van der Waals surface area (Å²) in [5.74, 6) is 0.194. The topological polar surface area (TPSA) is 68.3 Å². The molecule has 1 N–H and O–H groups in total. The summed E-state index contributed by atoms with van der Waals surface area (Å²) in [6.45, 7) is 4.16. The molecule has 20 heavy (non-hydrogen) atoms. The van der Waals surface area contributed by atoms with Crippen LogP contribution in [0.4, 0.5) is 0 Å². The van der Waals surface area contributed by atoms with Crippen molar-refractivity contribution in [3.05, 3.63) is 21.9 Å². The lowest BCUT2D eigenvalue weighted by molar-refractivity contribution is -0.118. The van der Waals surface area contributed by atoms with E-state index in [4.69, 9.17) is 4.74 Å². The van der Waals surface area contributed by atoms with Crippen LogP contribution >= 0.6 is 15.9 Å². The zero-order valence-corrected chi connectivity index (χ0v) is 13.1. The minimum Gasteiger partial charge on any atom is -0.491 e. The van der Waals surface area contributed by atoms with Gasteiger partial charge in [0, 0.05) is 6.42 Å². The Balaban J connectivity index is 2.26. The molecule has 1 unspecified atom stereocenters. The van der Waals surface area contributed by atoms with E-state index in [-0.39, 0.29) is 17.4 Å². The lowest BCUT2D eigenvalue weighted by atomic mass is 10.2. The molecule has 0 spiro atoms. The maximum atomic E-state index is 12.3. The first-order valence-electron chi connectivity index (χ1n) is 6.66. The molecule has 0 bridgehead atoms. The number of Topliss-reactive ketones (excluding diaryl/α,β-unsaturated/α-hetero) is 1. The highest BCUT2D eigenvalue weighted by Crippen LogP contribution is 2.26. The van der Waals surface area contributed by atoms with E-state index in [1.165, 1.54) is 0 Å². The summed E-state index contributed by atoms with van der Waals surface area (Å²) in [5.41, 5.74) is 1.05. The quantitative estimate of drug-likeness (QED) is 0.854. The van der Waals surface area contributed by atoms with Gasteiger partial charge >= 0.3 is 0 Å². The van der Waals surface area contributed by atoms with Gasteiger partial charge in [0.15, 0.2) is 17.2 Å². The molecule has 2 rings (SSSR count). The van der Waals surface area contributed by atoms with Gasteiger partial charge in [-0.3, -0.25) is 9.59 Å². The maximum absolute atomic E-state index is 12.3. The van der Waals surface area contributed by atoms with Gasteiger partial charge in [-0.15, -0.1) is 0 Å². The Morgan fingerprint density at radius 2 is 2.35 bits per heavy atom. The number of carbonyl (C=O) groups is 2. The molecule has 1 aliphatic carbocycles. The monoisotopic (exact) mass is 340 g/mol. The summed E-state index contributed by atoms with van der Waals surface area (Å²) in [7, 11) is 0. The van der Waals surface area contributed by atoms with Crippen LogP contribution in [0.5, 0.6) is 5.75 Å². The number of aryl methyl sites for hydroxylation is 1. The first-order chi connectivity index (χ1) is 9.52. The SMILES string of the molecule is CCOc1c(C)cc(Br)nc1C(=O)NC1CCCC1=O. The van der Waals surface area contributed by atoms with Crippen molar-refractivity contribution in [2.45, 2.75) is 39.2 Å². The number of rotatable bonds is 4. The first-order valence-corrected chi connectivity index (χ1v) is 7.45. The summed E-state index contributed by atoms with van der Waals surface area (Å²) in [5, 5.41) is 2.75. The molecule has 6 heteroatoms. The molecule has 0 aromatic carbocycles. The van der Waals surface area contributed by atoms with Gasteiger partial charge in [-0.2, -0.15) is 0 Å². The van der Waals surface area contributed by atoms with Crippen LogP contribution in [0.2, 0.25) is 0 Å². The van der Waals surface area contributed by atoms with E-state index in [0.717, 1.165) is 12.0 Å². The standard InChI is InChI=1S/C14H17BrN2O3/c1-3-20-13-8(2)7-11(15)17-12(13)14(19)16-9-5-4-6-10(9)18/h7,9H,3-6H2,1-2H3,(H,16,19). The Labute approximate surface area is 126 Å². The Bertz CT molecular complexity index is 545. The lowest BCUT2D eigenvalue weighted by Gasteiger charge is -2.15. The number of ketones is 1. The highest BCUT2D eigenvalue weighted by atomic mass is 79.9. The van der Waals surface area contributed by atoms with E-state index in [2.05, 4.69) is 26.2 Å². The number of aromatic nitrogens is 1. The van der Waals surface area contributed by atoms with Crippen LogP contribution < -0.4 is 10.1 Å². The second kappa shape index (κ2) is 6.35. The number of carbonyl (C=O) groups excluding carboxylic acids is 2. The molecule has 1 atom stereocenters. The third-order valence-corrected chi connectivity index (χ3v) is 3.65. The average molecular weight is 341 g/mol. The molecule has 0 radical (unpaired) electrons. The van der Waals surface area contributed by atoms with Gasteiger partial charge in [0.05, 0.1) is 12.6 Å². The lowest BCUT2D eigenvalue weighted by Crippen LogP contribution is -2.38. The van der Waals surface area contributed by atoms with Gasteiger partial charge in [0.25, 0.3) is 5.91 Å². The fourth-order valence-corrected chi connectivity index (χ4v) is 2.82. The minimum atomic E-state index is -0.391. The van der Waals surface area contributed by atoms with Gasteiger partial charge in [-0.05, 0) is 54.2 Å². The van der Waals surface area contributed by atoms with E-state index < -0.39 is 6.04 Å². The highest BCUT2D eigenvalue weighted by Gasteiger charge is 2.28. The Morgan fingerprint density at radius 3 is 2.95 bits per heavy atom. The molecular weight excluding hydrogens is 324 g/mol. The Kier molecular flexibility index (Phi) is 4.75. The normalized spacial score (nSPS) is 18.1. The van der Waals surface area contributed by atoms with Crippen LogP contribution in [0.15, 0.2) is 10.7 Å². The third kappa shape index (κ3) is 3.17. The fourth-order valence-electron chi connectivity index (χ4n) is 2.30. The first kappa shape index (κ1) is 15.0. The predicted molar refractivity (Wildman–Crippen MR) is 78.0 cm³/mol. The zero-order valence-electron chi connectivity index (χ0n) is 11.5. The minimum absolute atomic E-state index is 0.0861. The Hall–Kier alpha value is -1.43. The maximum Gasteiger partial charge on any atom is 0.274 e. The number of hydrogen-bond acceptors (Lipinski definition) is 4. The van der Waals surface area contributed by atoms with Crippen molar-refractivity contribution in [1.82, 2.24) is 10.3 Å². The number of pyridine rings is 1. The van der Waals surface area contributed by atoms with Gasteiger partial charge in [-0.25, -0.2) is 4.98 Å². The average Bonchev–Trinajstić information content (AvgIpc) is 2.78. The Morgan fingerprint density at radius 1 is 1.60 bits per heavy atom. The predicted octanol–water partition coefficient (Wildman–Crippen LogP) is 2.40. The van der Waals surface area contributed by atoms with Crippen LogP contribution in [0, 0.1) is 6.92 Å². The van der Waals surface area contributed by atoms with Crippen molar-refractivity contribution < 1.29 is 14.3 Å². The largest absolute Gasteiger partial charge is 0.491 e. The van der Waals surface area contributed by atoms with Crippen LogP contribution in [0.1, 0.15) is 42.2 Å². The molecule has 1 fully saturated rings. The second-order valence-electron chi connectivity index (χ2n) is 4.76. The van der Waals surface area contributed by atoms with E-state index >= 15 is 0 Å². The molecule has 1 aliphatic rings. The van der Waals surface area contributed by atoms with Gasteiger partial charge in [0.2, 0.25) is 0 Å². The second-order valence-corrected chi connectivity index (χ2v) is 5.57. The van der Waals surface area contributed by atoms with E-state index in [9.17, 15) is 9.59 Å². The molecule has 1 saturated carbocycles. The van der Waals surface area contributed by atoms with Crippen molar-refractivity contribution in [3.8, 4) is 5.75 Å². The van der Waals surface area contributed by atoms with Crippen LogP contribution in [-0.4, -0.2) is 29.3 Å². The molecule has 0 aliphatic heterocycles. The smallest absolute Gasteiger partial charge is 0.274 e. The van der Waals surface area contributed by atoms with E-state index in [1.54, 1.807) is 6.07 Å². The van der Waals surface area contributed by atoms with Crippen molar-refractivity contribution in [3.63, 3.8) is 0 Å². The molecule has 1 heterocycles. The summed E-state index contributed by atoms with van der Waals surface area (Å²) in [6, 6.07) is 1.40. The van der Waals surface area contributed by atoms with Crippen molar-refractivity contribution in [2.24, 2.45) is 0 Å². The summed E-state index contributed by atoms with van der Waals surface area (Å²) in [4.78, 5) is 28.1. The number of nitrogens with one attached hydrogen (secondary N) is 1. The molecule has 0 saturated heterocycles. The fraction of sp³-hybridized carbons (Fsp3) is 0.500. The molecule has 1 aromatic heterocycles. The van der Waals surface area contributed by atoms with Crippen LogP contribution in [0.3, 0.4) is 0 Å². The van der Waals surface area contributed by atoms with E-state index in [0.29, 0.717) is 29.8 Å². The van der Waals surface area contributed by atoms with Crippen molar-refractivity contribution >= 4 is 27.6 Å². The van der Waals surface area contributed by atoms with Crippen molar-refractivity contribution in [1.29, 1.82) is 0 Å². The number of amides is 1. The van der Waals surface area contributed by atoms with Crippen LogP contribution in [0.25, 0.3) is 0 Å². The summed E-state index contributed by atoms with van der Waals surface area (Å²) < 4.78 is 6.08. The van der Waals surface area contributed by atoms with E-state index in [1.807, 2.05) is 13.8 Å². The highest BCUT2D eigenvalue weighted by molar-refractivity contribution is 9.10. The van der Waals surface area contributed by atoms with Gasteiger partial charge < -0.3 is 10.1 Å². The number of halogens is 1. The van der Waals surface area contributed by atoms with Gasteiger partial charge in [-0.1, -0.05) is 0 Å². The third-order valence-electron chi connectivity index (χ3n) is 3.24. The van der Waals surface area contributed by atoms with Gasteiger partial charge in [0.1, 0.15) is 4.60 Å². The van der Waals surface area contributed by atoms with Crippen molar-refractivity contribution in [2.75, 3.05) is 6.61 Å². The number of ether oxygens (including phenoxy) is 1. The molecule has 108 valence electrons. The zero-order chi connectivity index (χ0) is 14.7. The summed E-state index contributed by atoms with van der Waals surface area (Å²) in [6.07, 6.45) is 2.06. The van der Waals surface area contributed by atoms with Crippen LogP contribution in [-0.2, 0) is 4.79 Å². The molecule has 1 aromatic rings. The number of nitrogens with zero attached hydrogens (tertiary/aromatic N) is 1. The molecule has 1 amide bonds. The summed E-state index contributed by atoms with van der Waals surface area (Å²) >= 11 is 3.28. The number of hydrogen-bond donors (Lipinski definition) is 1. The molecular formula is C14H17BrN2O3. The molecule has 5 nitrogen and oxygen atoms in total.